The fourth-order valence-corrected chi connectivity index (χ4v) is 2.22. The van der Waals surface area contributed by atoms with Crippen LogP contribution in [0, 0.1) is 0 Å². The molecule has 0 radical (unpaired) electrons. The first-order valence-electron chi connectivity index (χ1n) is 5.51. The highest BCUT2D eigenvalue weighted by Crippen LogP contribution is 2.40. The Morgan fingerprint density at radius 1 is 1.32 bits per heavy atom. The van der Waals surface area contributed by atoms with Gasteiger partial charge in [-0.1, -0.05) is 41.9 Å². The van der Waals surface area contributed by atoms with Gasteiger partial charge in [-0.3, -0.25) is 0 Å². The first-order valence-corrected chi connectivity index (χ1v) is 5.88. The van der Waals surface area contributed by atoms with Crippen LogP contribution in [0.15, 0.2) is 36.4 Å². The molecule has 0 aliphatic carbocycles. The number of hydrogen-bond donors (Lipinski definition) is 2. The van der Waals surface area contributed by atoms with E-state index in [9.17, 15) is 9.90 Å². The van der Waals surface area contributed by atoms with E-state index in [2.05, 4.69) is 0 Å². The number of benzene rings is 2. The highest BCUT2D eigenvalue weighted by atomic mass is 35.5. The third-order valence-corrected chi connectivity index (χ3v) is 3.05. The van der Waals surface area contributed by atoms with Crippen LogP contribution in [0.2, 0.25) is 5.02 Å². The van der Waals surface area contributed by atoms with E-state index in [0.29, 0.717) is 5.56 Å². The maximum atomic E-state index is 11.4. The van der Waals surface area contributed by atoms with Gasteiger partial charge >= 0.3 is 5.97 Å². The molecule has 0 saturated carbocycles. The number of nitrogen functional groups attached to an aromatic ring is 1. The Morgan fingerprint density at radius 3 is 2.47 bits per heavy atom. The fourth-order valence-electron chi connectivity index (χ4n) is 1.93. The van der Waals surface area contributed by atoms with E-state index in [1.165, 1.54) is 7.11 Å². The monoisotopic (exact) mass is 277 g/mol. The van der Waals surface area contributed by atoms with Crippen molar-refractivity contribution < 1.29 is 14.6 Å². The van der Waals surface area contributed by atoms with Crippen LogP contribution in [0.1, 0.15) is 10.4 Å². The van der Waals surface area contributed by atoms with Crippen molar-refractivity contribution in [2.45, 2.75) is 0 Å². The highest BCUT2D eigenvalue weighted by Gasteiger charge is 2.21. The minimum absolute atomic E-state index is 0.00699. The largest absolute Gasteiger partial charge is 0.493 e. The molecule has 98 valence electrons. The van der Waals surface area contributed by atoms with Crippen LogP contribution < -0.4 is 10.5 Å². The van der Waals surface area contributed by atoms with E-state index in [1.54, 1.807) is 18.2 Å². The average Bonchev–Trinajstić information content (AvgIpc) is 2.39. The molecule has 0 amide bonds. The molecule has 0 aliphatic heterocycles. The minimum Gasteiger partial charge on any atom is -0.493 e. The number of carboxylic acids is 1. The molecule has 2 aromatic rings. The second-order valence-corrected chi connectivity index (χ2v) is 4.31. The van der Waals surface area contributed by atoms with Gasteiger partial charge in [-0.2, -0.15) is 0 Å². The number of aromatic carboxylic acids is 1. The van der Waals surface area contributed by atoms with Crippen molar-refractivity contribution in [3.8, 4) is 16.9 Å². The van der Waals surface area contributed by atoms with Crippen LogP contribution in [-0.2, 0) is 0 Å². The van der Waals surface area contributed by atoms with Gasteiger partial charge in [-0.15, -0.1) is 0 Å². The molecule has 2 rings (SSSR count). The van der Waals surface area contributed by atoms with Crippen molar-refractivity contribution >= 4 is 23.3 Å². The summed E-state index contributed by atoms with van der Waals surface area (Å²) >= 11 is 6.06. The fraction of sp³-hybridized carbons (Fsp3) is 0.0714. The molecular formula is C14H12ClNO3. The molecule has 0 aromatic heterocycles. The Bertz CT molecular complexity index is 626. The van der Waals surface area contributed by atoms with Crippen LogP contribution >= 0.6 is 11.6 Å². The number of anilines is 1. The van der Waals surface area contributed by atoms with E-state index in [0.717, 1.165) is 5.56 Å². The summed E-state index contributed by atoms with van der Waals surface area (Å²) in [5.74, 6) is -0.940. The quantitative estimate of drug-likeness (QED) is 0.845. The van der Waals surface area contributed by atoms with E-state index in [1.807, 2.05) is 18.2 Å². The average molecular weight is 278 g/mol. The minimum atomic E-state index is -1.12. The number of carboxylic acid groups (broad SMARTS) is 1. The molecule has 0 saturated heterocycles. The van der Waals surface area contributed by atoms with E-state index in [-0.39, 0.29) is 22.0 Å². The lowest BCUT2D eigenvalue weighted by Gasteiger charge is -2.14. The topological polar surface area (TPSA) is 72.5 Å². The zero-order valence-electron chi connectivity index (χ0n) is 10.2. The van der Waals surface area contributed by atoms with Gasteiger partial charge in [-0.05, 0) is 11.6 Å². The maximum absolute atomic E-state index is 11.4. The summed E-state index contributed by atoms with van der Waals surface area (Å²) in [7, 11) is 1.39. The predicted octanol–water partition coefficient (Wildman–Crippen LogP) is 3.30. The molecule has 4 nitrogen and oxygen atoms in total. The summed E-state index contributed by atoms with van der Waals surface area (Å²) in [6.07, 6.45) is 0. The van der Waals surface area contributed by atoms with E-state index >= 15 is 0 Å². The molecule has 5 heteroatoms. The summed E-state index contributed by atoms with van der Waals surface area (Å²) in [5, 5.41) is 9.62. The molecule has 0 fully saturated rings. The summed E-state index contributed by atoms with van der Waals surface area (Å²) < 4.78 is 5.04. The van der Waals surface area contributed by atoms with Crippen LogP contribution in [0.25, 0.3) is 11.1 Å². The van der Waals surface area contributed by atoms with Gasteiger partial charge in [0.2, 0.25) is 0 Å². The van der Waals surface area contributed by atoms with Gasteiger partial charge in [-0.25, -0.2) is 4.79 Å². The summed E-state index contributed by atoms with van der Waals surface area (Å²) in [6, 6.07) is 10.6. The maximum Gasteiger partial charge on any atom is 0.338 e. The zero-order chi connectivity index (χ0) is 14.0. The molecule has 0 bridgehead atoms. The molecule has 0 heterocycles. The van der Waals surface area contributed by atoms with Gasteiger partial charge in [0.15, 0.2) is 5.75 Å². The van der Waals surface area contributed by atoms with Gasteiger partial charge in [0.1, 0.15) is 0 Å². The SMILES string of the molecule is COc1c(Cl)cc(-c2ccccc2)c(C(=O)O)c1N. The van der Waals surface area contributed by atoms with Crippen LogP contribution in [0.3, 0.4) is 0 Å². The number of nitrogens with two attached hydrogens (primary N) is 1. The molecule has 0 aliphatic rings. The van der Waals surface area contributed by atoms with Gasteiger partial charge in [0.25, 0.3) is 0 Å². The Balaban J connectivity index is 2.78. The van der Waals surface area contributed by atoms with Crippen molar-refractivity contribution in [3.63, 3.8) is 0 Å². The third kappa shape index (κ3) is 2.35. The van der Waals surface area contributed by atoms with Crippen molar-refractivity contribution in [1.29, 1.82) is 0 Å². The third-order valence-electron chi connectivity index (χ3n) is 2.77. The predicted molar refractivity (Wildman–Crippen MR) is 74.8 cm³/mol. The molecule has 2 aromatic carbocycles. The Kier molecular flexibility index (Phi) is 3.62. The Labute approximate surface area is 115 Å². The molecule has 3 N–H and O–H groups in total. The second kappa shape index (κ2) is 5.20. The smallest absolute Gasteiger partial charge is 0.338 e. The molecule has 0 spiro atoms. The summed E-state index contributed by atoms with van der Waals surface area (Å²) in [4.78, 5) is 11.4. The summed E-state index contributed by atoms with van der Waals surface area (Å²) in [5.41, 5.74) is 7.07. The number of carbonyl (C=O) groups is 1. The van der Waals surface area contributed by atoms with Crippen molar-refractivity contribution in [3.05, 3.63) is 47.0 Å². The zero-order valence-corrected chi connectivity index (χ0v) is 10.9. The number of ether oxygens (including phenoxy) is 1. The highest BCUT2D eigenvalue weighted by molar-refractivity contribution is 6.33. The molecule has 0 atom stereocenters. The van der Waals surface area contributed by atoms with E-state index < -0.39 is 5.97 Å². The standard InChI is InChI=1S/C14H12ClNO3/c1-19-13-10(15)7-9(8-5-3-2-4-6-8)11(12(13)16)14(17)18/h2-7H,16H2,1H3,(H,17,18). The molecule has 19 heavy (non-hydrogen) atoms. The van der Waals surface area contributed by atoms with Gasteiger partial charge < -0.3 is 15.6 Å². The molecular weight excluding hydrogens is 266 g/mol. The summed E-state index contributed by atoms with van der Waals surface area (Å²) in [6.45, 7) is 0. The van der Waals surface area contributed by atoms with Crippen molar-refractivity contribution in [2.24, 2.45) is 0 Å². The Morgan fingerprint density at radius 2 is 1.95 bits per heavy atom. The lowest BCUT2D eigenvalue weighted by atomic mass is 9.97. The number of hydrogen-bond acceptors (Lipinski definition) is 3. The van der Waals surface area contributed by atoms with Gasteiger partial charge in [0.05, 0.1) is 23.4 Å². The second-order valence-electron chi connectivity index (χ2n) is 3.90. The Hall–Kier alpha value is -2.20. The van der Waals surface area contributed by atoms with Crippen LogP contribution in [-0.4, -0.2) is 18.2 Å². The number of rotatable bonds is 3. The lowest BCUT2D eigenvalue weighted by Crippen LogP contribution is -2.07. The first-order chi connectivity index (χ1) is 9.06. The van der Waals surface area contributed by atoms with Crippen molar-refractivity contribution in [2.75, 3.05) is 12.8 Å². The van der Waals surface area contributed by atoms with Crippen LogP contribution in [0.4, 0.5) is 5.69 Å². The van der Waals surface area contributed by atoms with Crippen molar-refractivity contribution in [1.82, 2.24) is 0 Å². The van der Waals surface area contributed by atoms with Crippen LogP contribution in [0.5, 0.6) is 5.75 Å². The van der Waals surface area contributed by atoms with Gasteiger partial charge in [0, 0.05) is 5.56 Å². The van der Waals surface area contributed by atoms with E-state index in [4.69, 9.17) is 22.1 Å². The normalized spacial score (nSPS) is 10.2. The first kappa shape index (κ1) is 13.2. The lowest BCUT2D eigenvalue weighted by molar-refractivity contribution is 0.0698. The number of halogens is 1. The number of methoxy groups -OCH3 is 1. The molecule has 0 unspecified atom stereocenters.